The van der Waals surface area contributed by atoms with E-state index in [9.17, 15) is 4.79 Å². The Morgan fingerprint density at radius 1 is 1.12 bits per heavy atom. The molecule has 0 saturated heterocycles. The minimum absolute atomic E-state index is 0.141. The Morgan fingerprint density at radius 3 is 2.58 bits per heavy atom. The Labute approximate surface area is 153 Å². The van der Waals surface area contributed by atoms with E-state index >= 15 is 0 Å². The molecule has 0 spiro atoms. The molecule has 0 aliphatic carbocycles. The van der Waals surface area contributed by atoms with Gasteiger partial charge in [-0.25, -0.2) is 4.79 Å². The van der Waals surface area contributed by atoms with Gasteiger partial charge in [-0.15, -0.1) is 0 Å². The molecule has 0 aromatic heterocycles. The number of hydrogen-bond donors (Lipinski definition) is 2. The third-order valence-corrected chi connectivity index (χ3v) is 3.81. The third kappa shape index (κ3) is 5.05. The Hall–Kier alpha value is -2.89. The topological polar surface area (TPSA) is 68.8 Å². The maximum absolute atomic E-state index is 12.0. The molecule has 3 rings (SSSR count). The van der Waals surface area contributed by atoms with Crippen molar-refractivity contribution < 1.29 is 19.0 Å². The standard InChI is InChI=1S/C20H24N2O4/c1-14(2)25-16-9-7-15(8-10-16)11-21-20(23)22-12-17-13-24-18-5-3-4-6-19(18)26-17/h3-10,14,17H,11-13H2,1-2H3,(H2,21,22,23). The molecule has 1 aliphatic heterocycles. The number of carbonyl (C=O) groups is 1. The summed E-state index contributed by atoms with van der Waals surface area (Å²) in [5.41, 5.74) is 1.00. The summed E-state index contributed by atoms with van der Waals surface area (Å²) < 4.78 is 17.0. The van der Waals surface area contributed by atoms with Crippen LogP contribution in [0.1, 0.15) is 19.4 Å². The molecule has 26 heavy (non-hydrogen) atoms. The fraction of sp³-hybridized carbons (Fsp3) is 0.350. The molecule has 0 radical (unpaired) electrons. The van der Waals surface area contributed by atoms with Gasteiger partial charge in [0.25, 0.3) is 0 Å². The average Bonchev–Trinajstić information content (AvgIpc) is 2.65. The second-order valence-electron chi connectivity index (χ2n) is 6.37. The fourth-order valence-electron chi connectivity index (χ4n) is 2.57. The predicted octanol–water partition coefficient (Wildman–Crippen LogP) is 3.11. The number of carbonyl (C=O) groups excluding carboxylic acids is 1. The van der Waals surface area contributed by atoms with Crippen LogP contribution in [0.2, 0.25) is 0 Å². The van der Waals surface area contributed by atoms with Gasteiger partial charge in [-0.05, 0) is 43.7 Å². The van der Waals surface area contributed by atoms with Gasteiger partial charge in [-0.3, -0.25) is 0 Å². The Bertz CT molecular complexity index is 731. The number of urea groups is 1. The van der Waals surface area contributed by atoms with Crippen molar-refractivity contribution in [2.24, 2.45) is 0 Å². The molecule has 2 aromatic rings. The Balaban J connectivity index is 1.39. The van der Waals surface area contributed by atoms with E-state index in [1.54, 1.807) is 0 Å². The molecule has 1 atom stereocenters. The van der Waals surface area contributed by atoms with Gasteiger partial charge in [0.15, 0.2) is 17.6 Å². The number of nitrogens with one attached hydrogen (secondary N) is 2. The largest absolute Gasteiger partial charge is 0.491 e. The SMILES string of the molecule is CC(C)Oc1ccc(CNC(=O)NCC2COc3ccccc3O2)cc1. The van der Waals surface area contributed by atoms with Crippen LogP contribution in [0.5, 0.6) is 17.2 Å². The monoisotopic (exact) mass is 356 g/mol. The lowest BCUT2D eigenvalue weighted by Gasteiger charge is -2.26. The highest BCUT2D eigenvalue weighted by atomic mass is 16.6. The van der Waals surface area contributed by atoms with Gasteiger partial charge in [0, 0.05) is 6.54 Å². The van der Waals surface area contributed by atoms with Crippen LogP contribution in [-0.2, 0) is 6.54 Å². The van der Waals surface area contributed by atoms with E-state index in [4.69, 9.17) is 14.2 Å². The minimum Gasteiger partial charge on any atom is -0.491 e. The van der Waals surface area contributed by atoms with Crippen molar-refractivity contribution in [3.63, 3.8) is 0 Å². The van der Waals surface area contributed by atoms with Crippen LogP contribution in [0.4, 0.5) is 4.79 Å². The molecule has 1 unspecified atom stereocenters. The molecular formula is C20H24N2O4. The van der Waals surface area contributed by atoms with Crippen molar-refractivity contribution in [3.8, 4) is 17.2 Å². The third-order valence-electron chi connectivity index (χ3n) is 3.81. The second kappa shape index (κ2) is 8.47. The number of benzene rings is 2. The zero-order valence-corrected chi connectivity index (χ0v) is 15.0. The van der Waals surface area contributed by atoms with Crippen molar-refractivity contribution >= 4 is 6.03 Å². The zero-order chi connectivity index (χ0) is 18.4. The first-order valence-corrected chi connectivity index (χ1v) is 8.76. The fourth-order valence-corrected chi connectivity index (χ4v) is 2.57. The maximum atomic E-state index is 12.0. The first-order valence-electron chi connectivity index (χ1n) is 8.76. The molecule has 1 heterocycles. The summed E-state index contributed by atoms with van der Waals surface area (Å²) in [5.74, 6) is 2.26. The first kappa shape index (κ1) is 17.9. The van der Waals surface area contributed by atoms with Crippen LogP contribution >= 0.6 is 0 Å². The number of amides is 2. The average molecular weight is 356 g/mol. The van der Waals surface area contributed by atoms with Crippen LogP contribution in [0.3, 0.4) is 0 Å². The highest BCUT2D eigenvalue weighted by Gasteiger charge is 2.20. The van der Waals surface area contributed by atoms with Crippen LogP contribution in [0.15, 0.2) is 48.5 Å². The van der Waals surface area contributed by atoms with E-state index in [1.807, 2.05) is 62.4 Å². The van der Waals surface area contributed by atoms with Gasteiger partial charge in [0.1, 0.15) is 12.4 Å². The molecule has 2 amide bonds. The van der Waals surface area contributed by atoms with Crippen molar-refractivity contribution in [2.45, 2.75) is 32.6 Å². The van der Waals surface area contributed by atoms with E-state index in [0.717, 1.165) is 17.1 Å². The van der Waals surface area contributed by atoms with E-state index in [1.165, 1.54) is 0 Å². The van der Waals surface area contributed by atoms with Crippen LogP contribution in [-0.4, -0.2) is 31.4 Å². The van der Waals surface area contributed by atoms with Gasteiger partial charge in [-0.1, -0.05) is 24.3 Å². The Kier molecular flexibility index (Phi) is 5.84. The van der Waals surface area contributed by atoms with Crippen LogP contribution in [0.25, 0.3) is 0 Å². The summed E-state index contributed by atoms with van der Waals surface area (Å²) in [7, 11) is 0. The summed E-state index contributed by atoms with van der Waals surface area (Å²) in [6.45, 7) is 5.20. The lowest BCUT2D eigenvalue weighted by molar-refractivity contribution is 0.0918. The van der Waals surface area contributed by atoms with Crippen LogP contribution in [0, 0.1) is 0 Å². The molecule has 1 aliphatic rings. The van der Waals surface area contributed by atoms with Crippen molar-refractivity contribution in [3.05, 3.63) is 54.1 Å². The van der Waals surface area contributed by atoms with Gasteiger partial charge >= 0.3 is 6.03 Å². The van der Waals surface area contributed by atoms with Crippen molar-refractivity contribution in [1.82, 2.24) is 10.6 Å². The summed E-state index contributed by atoms with van der Waals surface area (Å²) in [6, 6.07) is 14.9. The Morgan fingerprint density at radius 2 is 1.85 bits per heavy atom. The zero-order valence-electron chi connectivity index (χ0n) is 15.0. The van der Waals surface area contributed by atoms with E-state index in [-0.39, 0.29) is 18.2 Å². The summed E-state index contributed by atoms with van der Waals surface area (Å²) in [4.78, 5) is 12.0. The quantitative estimate of drug-likeness (QED) is 0.834. The number of hydrogen-bond acceptors (Lipinski definition) is 4. The molecule has 6 heteroatoms. The number of para-hydroxylation sites is 2. The molecule has 0 fully saturated rings. The highest BCUT2D eigenvalue weighted by Crippen LogP contribution is 2.30. The van der Waals surface area contributed by atoms with E-state index < -0.39 is 0 Å². The molecule has 138 valence electrons. The molecule has 0 saturated carbocycles. The number of rotatable bonds is 6. The summed E-state index contributed by atoms with van der Waals surface area (Å²) >= 11 is 0. The lowest BCUT2D eigenvalue weighted by atomic mass is 10.2. The van der Waals surface area contributed by atoms with Gasteiger partial charge in [0.2, 0.25) is 0 Å². The van der Waals surface area contributed by atoms with E-state index in [2.05, 4.69) is 10.6 Å². The van der Waals surface area contributed by atoms with Crippen LogP contribution < -0.4 is 24.8 Å². The smallest absolute Gasteiger partial charge is 0.315 e. The normalized spacial score (nSPS) is 15.4. The molecule has 0 bridgehead atoms. The number of fused-ring (bicyclic) bond motifs is 1. The highest BCUT2D eigenvalue weighted by molar-refractivity contribution is 5.73. The number of ether oxygens (including phenoxy) is 3. The molecule has 2 aromatic carbocycles. The summed E-state index contributed by atoms with van der Waals surface area (Å²) in [5, 5.41) is 5.64. The molecular weight excluding hydrogens is 332 g/mol. The van der Waals surface area contributed by atoms with E-state index in [0.29, 0.717) is 25.4 Å². The van der Waals surface area contributed by atoms with Crippen molar-refractivity contribution in [2.75, 3.05) is 13.2 Å². The molecule has 6 nitrogen and oxygen atoms in total. The maximum Gasteiger partial charge on any atom is 0.315 e. The second-order valence-corrected chi connectivity index (χ2v) is 6.37. The minimum atomic E-state index is -0.241. The van der Waals surface area contributed by atoms with Gasteiger partial charge < -0.3 is 24.8 Å². The summed E-state index contributed by atoms with van der Waals surface area (Å²) in [6.07, 6.45) is -0.0641. The van der Waals surface area contributed by atoms with Gasteiger partial charge in [0.05, 0.1) is 12.6 Å². The first-order chi connectivity index (χ1) is 12.6. The van der Waals surface area contributed by atoms with Gasteiger partial charge in [-0.2, -0.15) is 0 Å². The van der Waals surface area contributed by atoms with Crippen molar-refractivity contribution in [1.29, 1.82) is 0 Å². The lowest BCUT2D eigenvalue weighted by Crippen LogP contribution is -2.44. The predicted molar refractivity (Wildman–Crippen MR) is 98.8 cm³/mol. The molecule has 2 N–H and O–H groups in total.